The lowest BCUT2D eigenvalue weighted by Crippen LogP contribution is -2.68. The summed E-state index contributed by atoms with van der Waals surface area (Å²) in [5.41, 5.74) is 0. The van der Waals surface area contributed by atoms with Gasteiger partial charge in [-0.15, -0.1) is 0 Å². The number of ether oxygens (including phenoxy) is 5. The third-order valence-corrected chi connectivity index (χ3v) is 5.11. The van der Waals surface area contributed by atoms with Gasteiger partial charge in [-0.25, -0.2) is 0 Å². The maximum absolute atomic E-state index is 11.6. The van der Waals surface area contributed by atoms with Crippen LogP contribution in [0.2, 0.25) is 10.0 Å². The number of nitrogens with one attached hydrogen (secondary N) is 1. The molecule has 0 saturated carbocycles. The standard InChI is InChI=1S/C19H25Cl2NO7/c1-10(23)22-15-16(24)17-14(9-27-19(2,3)29-17)28-18(15)26-7-6-25-13-5-4-11(20)8-12(13)21/h4-5,8,14-18,24H,6-7,9H2,1-3H3,(H,22,23)/t14-,15+,16-,17+,18-/m1/s1. The Morgan fingerprint density at radius 3 is 2.79 bits per heavy atom. The van der Waals surface area contributed by atoms with Crippen molar-refractivity contribution in [2.75, 3.05) is 19.8 Å². The van der Waals surface area contributed by atoms with Gasteiger partial charge in [0, 0.05) is 11.9 Å². The van der Waals surface area contributed by atoms with E-state index >= 15 is 0 Å². The van der Waals surface area contributed by atoms with Crippen molar-refractivity contribution in [2.24, 2.45) is 0 Å². The summed E-state index contributed by atoms with van der Waals surface area (Å²) in [6, 6.07) is 4.11. The van der Waals surface area contributed by atoms with Gasteiger partial charge < -0.3 is 34.1 Å². The van der Waals surface area contributed by atoms with Gasteiger partial charge in [0.05, 0.1) is 18.2 Å². The topological polar surface area (TPSA) is 95.5 Å². The predicted octanol–water partition coefficient (Wildman–Crippen LogP) is 2.13. The summed E-state index contributed by atoms with van der Waals surface area (Å²) in [5.74, 6) is -0.703. The second-order valence-electron chi connectivity index (χ2n) is 7.35. The number of rotatable bonds is 6. The largest absolute Gasteiger partial charge is 0.490 e. The first-order valence-corrected chi connectivity index (χ1v) is 10.0. The van der Waals surface area contributed by atoms with E-state index in [1.807, 2.05) is 0 Å². The molecular formula is C19H25Cl2NO7. The summed E-state index contributed by atoms with van der Waals surface area (Å²) in [7, 11) is 0. The second-order valence-corrected chi connectivity index (χ2v) is 8.19. The third kappa shape index (κ3) is 5.73. The molecule has 0 aromatic heterocycles. The van der Waals surface area contributed by atoms with Gasteiger partial charge in [0.15, 0.2) is 12.1 Å². The van der Waals surface area contributed by atoms with E-state index in [0.29, 0.717) is 15.8 Å². The molecule has 2 saturated heterocycles. The van der Waals surface area contributed by atoms with Crippen LogP contribution in [0.1, 0.15) is 20.8 Å². The molecule has 0 radical (unpaired) electrons. The van der Waals surface area contributed by atoms with Crippen LogP contribution < -0.4 is 10.1 Å². The molecule has 2 heterocycles. The van der Waals surface area contributed by atoms with Crippen molar-refractivity contribution in [3.05, 3.63) is 28.2 Å². The van der Waals surface area contributed by atoms with E-state index in [1.54, 1.807) is 32.0 Å². The number of aliphatic hydroxyl groups is 1. The summed E-state index contributed by atoms with van der Waals surface area (Å²) >= 11 is 11.9. The fraction of sp³-hybridized carbons (Fsp3) is 0.632. The Morgan fingerprint density at radius 2 is 2.10 bits per heavy atom. The smallest absolute Gasteiger partial charge is 0.217 e. The average Bonchev–Trinajstić information content (AvgIpc) is 2.63. The first-order chi connectivity index (χ1) is 13.7. The van der Waals surface area contributed by atoms with Gasteiger partial charge in [0.25, 0.3) is 0 Å². The van der Waals surface area contributed by atoms with Crippen molar-refractivity contribution in [2.45, 2.75) is 57.2 Å². The van der Waals surface area contributed by atoms with Gasteiger partial charge >= 0.3 is 0 Å². The molecule has 3 rings (SSSR count). The lowest BCUT2D eigenvalue weighted by molar-refractivity contribution is -0.369. The SMILES string of the molecule is CC(=O)N[C@@H]1[C@H](OCCOc2ccc(Cl)cc2Cl)O[C@@H]2COC(C)(C)O[C@@H]2[C@@H]1O. The first-order valence-electron chi connectivity index (χ1n) is 9.28. The van der Waals surface area contributed by atoms with Crippen molar-refractivity contribution in [3.8, 4) is 5.75 Å². The number of carbonyl (C=O) groups excluding carboxylic acids is 1. The molecule has 1 amide bonds. The lowest BCUT2D eigenvalue weighted by atomic mass is 9.95. The number of hydrogen-bond donors (Lipinski definition) is 2. The molecule has 0 spiro atoms. The van der Waals surface area contributed by atoms with Crippen LogP contribution in [0, 0.1) is 0 Å². The van der Waals surface area contributed by atoms with Gasteiger partial charge in [-0.3, -0.25) is 4.79 Å². The predicted molar refractivity (Wildman–Crippen MR) is 105 cm³/mol. The number of halogens is 2. The van der Waals surface area contributed by atoms with E-state index in [4.69, 9.17) is 46.9 Å². The molecule has 2 N–H and O–H groups in total. The summed E-state index contributed by atoms with van der Waals surface area (Å²) < 4.78 is 28.7. The highest BCUT2D eigenvalue weighted by atomic mass is 35.5. The van der Waals surface area contributed by atoms with Crippen LogP contribution in [-0.4, -0.2) is 67.3 Å². The zero-order valence-electron chi connectivity index (χ0n) is 16.4. The average molecular weight is 450 g/mol. The minimum atomic E-state index is -1.03. The number of carbonyl (C=O) groups is 1. The molecule has 10 heteroatoms. The Labute approximate surface area is 179 Å². The van der Waals surface area contributed by atoms with Crippen molar-refractivity contribution in [3.63, 3.8) is 0 Å². The Balaban J connectivity index is 1.59. The van der Waals surface area contributed by atoms with E-state index in [1.165, 1.54) is 6.92 Å². The fourth-order valence-electron chi connectivity index (χ4n) is 3.28. The first kappa shape index (κ1) is 22.6. The quantitative estimate of drug-likeness (QED) is 0.642. The van der Waals surface area contributed by atoms with E-state index < -0.39 is 36.4 Å². The maximum atomic E-state index is 11.6. The van der Waals surface area contributed by atoms with Crippen molar-refractivity contribution >= 4 is 29.1 Å². The molecule has 8 nitrogen and oxygen atoms in total. The fourth-order valence-corrected chi connectivity index (χ4v) is 3.75. The number of aliphatic hydroxyl groups excluding tert-OH is 1. The Morgan fingerprint density at radius 1 is 1.34 bits per heavy atom. The number of hydrogen-bond acceptors (Lipinski definition) is 7. The Kier molecular flexibility index (Phi) is 7.27. The molecule has 1 aromatic carbocycles. The molecule has 2 fully saturated rings. The zero-order chi connectivity index (χ0) is 21.2. The lowest BCUT2D eigenvalue weighted by Gasteiger charge is -2.49. The van der Waals surface area contributed by atoms with E-state index in [0.717, 1.165) is 0 Å². The number of benzene rings is 1. The van der Waals surface area contributed by atoms with Crippen LogP contribution in [0.3, 0.4) is 0 Å². The van der Waals surface area contributed by atoms with E-state index in [9.17, 15) is 9.90 Å². The van der Waals surface area contributed by atoms with Crippen LogP contribution in [0.4, 0.5) is 0 Å². The van der Waals surface area contributed by atoms with E-state index in [2.05, 4.69) is 5.32 Å². The summed E-state index contributed by atoms with van der Waals surface area (Å²) in [5, 5.41) is 14.4. The summed E-state index contributed by atoms with van der Waals surface area (Å²) in [4.78, 5) is 11.6. The number of amides is 1. The van der Waals surface area contributed by atoms with Crippen molar-refractivity contribution < 1.29 is 33.6 Å². The van der Waals surface area contributed by atoms with Gasteiger partial charge in [-0.1, -0.05) is 23.2 Å². The van der Waals surface area contributed by atoms with Gasteiger partial charge in [-0.2, -0.15) is 0 Å². The van der Waals surface area contributed by atoms with Crippen LogP contribution in [0.5, 0.6) is 5.75 Å². The Hall–Kier alpha value is -1.13. The Bertz CT molecular complexity index is 733. The molecule has 2 aliphatic rings. The van der Waals surface area contributed by atoms with Crippen molar-refractivity contribution in [1.29, 1.82) is 0 Å². The van der Waals surface area contributed by atoms with Gasteiger partial charge in [-0.05, 0) is 32.0 Å². The monoisotopic (exact) mass is 449 g/mol. The number of fused-ring (bicyclic) bond motifs is 1. The van der Waals surface area contributed by atoms with Gasteiger partial charge in [0.2, 0.25) is 5.91 Å². The minimum Gasteiger partial charge on any atom is -0.490 e. The molecule has 0 aliphatic carbocycles. The van der Waals surface area contributed by atoms with Crippen molar-refractivity contribution in [1.82, 2.24) is 5.32 Å². The van der Waals surface area contributed by atoms with Crippen LogP contribution >= 0.6 is 23.2 Å². The zero-order valence-corrected chi connectivity index (χ0v) is 17.9. The third-order valence-electron chi connectivity index (χ3n) is 4.58. The highest BCUT2D eigenvalue weighted by Gasteiger charge is 2.51. The minimum absolute atomic E-state index is 0.136. The highest BCUT2D eigenvalue weighted by molar-refractivity contribution is 6.35. The molecular weight excluding hydrogens is 425 g/mol. The van der Waals surface area contributed by atoms with Crippen LogP contribution in [-0.2, 0) is 23.7 Å². The maximum Gasteiger partial charge on any atom is 0.217 e. The molecule has 2 aliphatic heterocycles. The highest BCUT2D eigenvalue weighted by Crippen LogP contribution is 2.33. The molecule has 0 unspecified atom stereocenters. The normalized spacial score (nSPS) is 31.0. The molecule has 1 aromatic rings. The molecule has 162 valence electrons. The second kappa shape index (κ2) is 9.34. The van der Waals surface area contributed by atoms with Crippen LogP contribution in [0.15, 0.2) is 18.2 Å². The molecule has 29 heavy (non-hydrogen) atoms. The van der Waals surface area contributed by atoms with Gasteiger partial charge in [0.1, 0.15) is 36.7 Å². The van der Waals surface area contributed by atoms with E-state index in [-0.39, 0.29) is 25.7 Å². The molecule has 0 bridgehead atoms. The van der Waals surface area contributed by atoms with Crippen LogP contribution in [0.25, 0.3) is 0 Å². The summed E-state index contributed by atoms with van der Waals surface area (Å²) in [6.45, 7) is 5.42. The molecule has 5 atom stereocenters. The summed E-state index contributed by atoms with van der Waals surface area (Å²) in [6.07, 6.45) is -3.11.